The summed E-state index contributed by atoms with van der Waals surface area (Å²) in [5, 5.41) is 0. The fourth-order valence-electron chi connectivity index (χ4n) is 1.96. The zero-order valence-electron chi connectivity index (χ0n) is 11.0. The Bertz CT molecular complexity index is 878. The third kappa shape index (κ3) is 2.30. The number of imidazole rings is 1. The summed E-state index contributed by atoms with van der Waals surface area (Å²) in [6.45, 7) is 1.88. The van der Waals surface area contributed by atoms with Crippen LogP contribution in [0.1, 0.15) is 4.88 Å². The Morgan fingerprint density at radius 1 is 1.25 bits per heavy atom. The van der Waals surface area contributed by atoms with Crippen molar-refractivity contribution in [2.45, 2.75) is 11.1 Å². The van der Waals surface area contributed by atoms with Crippen molar-refractivity contribution < 1.29 is 8.42 Å². The lowest BCUT2D eigenvalue weighted by atomic mass is 10.3. The van der Waals surface area contributed by atoms with Crippen LogP contribution in [0.25, 0.3) is 11.0 Å². The molecule has 5 nitrogen and oxygen atoms in total. The molecular weight excluding hydrogens is 294 g/mol. The maximum atomic E-state index is 12.2. The molecule has 3 rings (SSSR count). The van der Waals surface area contributed by atoms with E-state index in [0.29, 0.717) is 9.90 Å². The van der Waals surface area contributed by atoms with E-state index in [0.717, 1.165) is 15.9 Å². The van der Waals surface area contributed by atoms with Gasteiger partial charge in [0.1, 0.15) is 4.21 Å². The largest absolute Gasteiger partial charge is 0.334 e. The first kappa shape index (κ1) is 13.1. The number of aromatic nitrogens is 2. The molecule has 20 heavy (non-hydrogen) atoms. The van der Waals surface area contributed by atoms with Gasteiger partial charge in [0, 0.05) is 11.9 Å². The number of nitrogens with zero attached hydrogens (tertiary/aromatic N) is 2. The van der Waals surface area contributed by atoms with Gasteiger partial charge in [0.25, 0.3) is 10.0 Å². The molecule has 7 heteroatoms. The van der Waals surface area contributed by atoms with Gasteiger partial charge >= 0.3 is 0 Å². The number of rotatable bonds is 3. The number of hydrogen-bond donors (Lipinski definition) is 1. The first-order valence-corrected chi connectivity index (χ1v) is 8.26. The molecule has 2 heterocycles. The van der Waals surface area contributed by atoms with Crippen molar-refractivity contribution in [1.82, 2.24) is 9.55 Å². The van der Waals surface area contributed by atoms with E-state index in [1.807, 2.05) is 24.6 Å². The molecule has 1 aromatic carbocycles. The number of thiophene rings is 1. The molecule has 0 radical (unpaired) electrons. The van der Waals surface area contributed by atoms with Crippen molar-refractivity contribution in [1.29, 1.82) is 0 Å². The standard InChI is InChI=1S/C13H13N3O2S2/c1-9-3-6-13(19-9)20(17,18)15-10-4-5-12-11(7-10)14-8-16(12)2/h3-8,15H,1-2H3. The molecule has 0 atom stereocenters. The van der Waals surface area contributed by atoms with Crippen LogP contribution in [0.4, 0.5) is 5.69 Å². The zero-order chi connectivity index (χ0) is 14.3. The smallest absolute Gasteiger partial charge is 0.271 e. The second-order valence-electron chi connectivity index (χ2n) is 4.53. The van der Waals surface area contributed by atoms with Crippen molar-refractivity contribution in [2.75, 3.05) is 4.72 Å². The third-order valence-electron chi connectivity index (χ3n) is 2.96. The summed E-state index contributed by atoms with van der Waals surface area (Å²) in [6, 6.07) is 8.72. The molecule has 104 valence electrons. The number of aryl methyl sites for hydroxylation is 2. The number of fused-ring (bicyclic) bond motifs is 1. The Morgan fingerprint density at radius 2 is 2.05 bits per heavy atom. The number of benzene rings is 1. The van der Waals surface area contributed by atoms with E-state index in [1.165, 1.54) is 11.3 Å². The lowest BCUT2D eigenvalue weighted by Gasteiger charge is -2.06. The molecule has 3 aromatic rings. The predicted octanol–water partition coefficient (Wildman–Crippen LogP) is 2.74. The Hall–Kier alpha value is -1.86. The molecule has 0 unspecified atom stereocenters. The molecule has 0 bridgehead atoms. The van der Waals surface area contributed by atoms with Gasteiger partial charge in [-0.05, 0) is 37.3 Å². The van der Waals surface area contributed by atoms with Crippen molar-refractivity contribution in [3.8, 4) is 0 Å². The van der Waals surface area contributed by atoms with Gasteiger partial charge < -0.3 is 4.57 Å². The van der Waals surface area contributed by atoms with Gasteiger partial charge in [-0.2, -0.15) is 0 Å². The van der Waals surface area contributed by atoms with E-state index in [4.69, 9.17) is 0 Å². The summed E-state index contributed by atoms with van der Waals surface area (Å²) < 4.78 is 29.2. The molecular formula is C13H13N3O2S2. The highest BCUT2D eigenvalue weighted by atomic mass is 32.2. The Balaban J connectivity index is 1.96. The fourth-order valence-corrected chi connectivity index (χ4v) is 4.29. The quantitative estimate of drug-likeness (QED) is 0.809. The number of sulfonamides is 1. The molecule has 0 aliphatic carbocycles. The van der Waals surface area contributed by atoms with Crippen molar-refractivity contribution in [2.24, 2.45) is 7.05 Å². The first-order chi connectivity index (χ1) is 9.45. The second-order valence-corrected chi connectivity index (χ2v) is 7.73. The van der Waals surface area contributed by atoms with Gasteiger partial charge in [0.15, 0.2) is 0 Å². The lowest BCUT2D eigenvalue weighted by molar-refractivity contribution is 0.603. The maximum absolute atomic E-state index is 12.2. The fraction of sp³-hybridized carbons (Fsp3) is 0.154. The molecule has 0 saturated carbocycles. The van der Waals surface area contributed by atoms with Crippen molar-refractivity contribution in [3.05, 3.63) is 41.5 Å². The highest BCUT2D eigenvalue weighted by Gasteiger charge is 2.16. The number of nitrogens with one attached hydrogen (secondary N) is 1. The Morgan fingerprint density at radius 3 is 2.75 bits per heavy atom. The van der Waals surface area contributed by atoms with Crippen molar-refractivity contribution in [3.63, 3.8) is 0 Å². The average molecular weight is 307 g/mol. The van der Waals surface area contributed by atoms with Crippen LogP contribution in [-0.4, -0.2) is 18.0 Å². The molecule has 1 N–H and O–H groups in total. The van der Waals surface area contributed by atoms with E-state index in [1.54, 1.807) is 30.6 Å². The van der Waals surface area contributed by atoms with Crippen LogP contribution in [0.15, 0.2) is 40.9 Å². The van der Waals surface area contributed by atoms with E-state index >= 15 is 0 Å². The van der Waals surface area contributed by atoms with Crippen LogP contribution in [0.2, 0.25) is 0 Å². The van der Waals surface area contributed by atoms with Gasteiger partial charge in [-0.3, -0.25) is 4.72 Å². The Kier molecular flexibility index (Phi) is 3.02. The monoisotopic (exact) mass is 307 g/mol. The molecule has 0 spiro atoms. The first-order valence-electron chi connectivity index (χ1n) is 5.96. The topological polar surface area (TPSA) is 64.0 Å². The van der Waals surface area contributed by atoms with Crippen LogP contribution in [-0.2, 0) is 17.1 Å². The minimum absolute atomic E-state index is 0.316. The molecule has 0 aliphatic rings. The zero-order valence-corrected chi connectivity index (χ0v) is 12.6. The lowest BCUT2D eigenvalue weighted by Crippen LogP contribution is -2.11. The normalized spacial score (nSPS) is 11.9. The predicted molar refractivity (Wildman–Crippen MR) is 80.6 cm³/mol. The van der Waals surface area contributed by atoms with Crippen LogP contribution in [0.5, 0.6) is 0 Å². The van der Waals surface area contributed by atoms with Crippen LogP contribution in [0.3, 0.4) is 0 Å². The molecule has 0 fully saturated rings. The minimum Gasteiger partial charge on any atom is -0.334 e. The van der Waals surface area contributed by atoms with Gasteiger partial charge in [-0.25, -0.2) is 13.4 Å². The average Bonchev–Trinajstić information content (AvgIpc) is 2.96. The SMILES string of the molecule is Cc1ccc(S(=O)(=O)Nc2ccc3c(c2)ncn3C)s1. The van der Waals surface area contributed by atoms with Crippen LogP contribution >= 0.6 is 11.3 Å². The Labute approximate surface area is 120 Å². The summed E-state index contributed by atoms with van der Waals surface area (Å²) in [5.41, 5.74) is 2.23. The molecule has 2 aromatic heterocycles. The minimum atomic E-state index is -3.52. The van der Waals surface area contributed by atoms with E-state index in [-0.39, 0.29) is 0 Å². The summed E-state index contributed by atoms with van der Waals surface area (Å²) in [5.74, 6) is 0. The van der Waals surface area contributed by atoms with Gasteiger partial charge in [0.05, 0.1) is 23.0 Å². The van der Waals surface area contributed by atoms with Gasteiger partial charge in [0.2, 0.25) is 0 Å². The summed E-state index contributed by atoms with van der Waals surface area (Å²) in [7, 11) is -1.62. The number of hydrogen-bond acceptors (Lipinski definition) is 4. The second kappa shape index (κ2) is 4.60. The maximum Gasteiger partial charge on any atom is 0.271 e. The van der Waals surface area contributed by atoms with Crippen LogP contribution in [0, 0.1) is 6.92 Å². The molecule has 0 aliphatic heterocycles. The van der Waals surface area contributed by atoms with Gasteiger partial charge in [-0.15, -0.1) is 11.3 Å². The van der Waals surface area contributed by atoms with Crippen molar-refractivity contribution >= 4 is 38.1 Å². The van der Waals surface area contributed by atoms with Crippen LogP contribution < -0.4 is 4.72 Å². The van der Waals surface area contributed by atoms with E-state index in [9.17, 15) is 8.42 Å². The number of anilines is 1. The summed E-state index contributed by atoms with van der Waals surface area (Å²) in [4.78, 5) is 5.18. The van der Waals surface area contributed by atoms with E-state index < -0.39 is 10.0 Å². The van der Waals surface area contributed by atoms with E-state index in [2.05, 4.69) is 9.71 Å². The molecule has 0 saturated heterocycles. The summed E-state index contributed by atoms with van der Waals surface area (Å²) in [6.07, 6.45) is 1.70. The highest BCUT2D eigenvalue weighted by Crippen LogP contribution is 2.24. The highest BCUT2D eigenvalue weighted by molar-refractivity contribution is 7.94. The van der Waals surface area contributed by atoms with Gasteiger partial charge in [-0.1, -0.05) is 0 Å². The molecule has 0 amide bonds. The summed E-state index contributed by atoms with van der Waals surface area (Å²) >= 11 is 1.25. The third-order valence-corrected chi connectivity index (χ3v) is 5.83.